The van der Waals surface area contributed by atoms with Crippen LogP contribution in [0.15, 0.2) is 12.1 Å². The van der Waals surface area contributed by atoms with E-state index in [4.69, 9.17) is 10.5 Å². The molecule has 2 heteroatoms. The molecule has 2 nitrogen and oxygen atoms in total. The Morgan fingerprint density at radius 2 is 1.75 bits per heavy atom. The molecule has 0 spiro atoms. The van der Waals surface area contributed by atoms with E-state index in [9.17, 15) is 0 Å². The second-order valence-corrected chi connectivity index (χ2v) is 4.52. The highest BCUT2D eigenvalue weighted by Crippen LogP contribution is 2.36. The van der Waals surface area contributed by atoms with Crippen molar-refractivity contribution >= 4 is 0 Å². The average Bonchev–Trinajstić information content (AvgIpc) is 2.27. The van der Waals surface area contributed by atoms with Crippen molar-refractivity contribution in [2.24, 2.45) is 5.73 Å². The van der Waals surface area contributed by atoms with Gasteiger partial charge in [-0.1, -0.05) is 19.9 Å². The van der Waals surface area contributed by atoms with E-state index in [0.29, 0.717) is 0 Å². The van der Waals surface area contributed by atoms with Crippen molar-refractivity contribution in [1.82, 2.24) is 0 Å². The van der Waals surface area contributed by atoms with E-state index in [-0.39, 0.29) is 5.54 Å². The van der Waals surface area contributed by atoms with Crippen molar-refractivity contribution in [2.75, 3.05) is 7.11 Å². The molecule has 2 N–H and O–H groups in total. The smallest absolute Gasteiger partial charge is 0.124 e. The molecule has 0 amide bonds. The largest absolute Gasteiger partial charge is 0.496 e. The molecular formula is C14H23NO. The fourth-order valence-corrected chi connectivity index (χ4v) is 2.33. The van der Waals surface area contributed by atoms with Gasteiger partial charge in [-0.05, 0) is 43.9 Å². The fraction of sp³-hybridized carbons (Fsp3) is 0.571. The van der Waals surface area contributed by atoms with Gasteiger partial charge >= 0.3 is 0 Å². The summed E-state index contributed by atoms with van der Waals surface area (Å²) in [5.74, 6) is 0.920. The highest BCUT2D eigenvalue weighted by molar-refractivity contribution is 5.47. The van der Waals surface area contributed by atoms with Crippen LogP contribution in [-0.4, -0.2) is 7.11 Å². The number of rotatable bonds is 4. The molecule has 0 heterocycles. The van der Waals surface area contributed by atoms with Crippen LogP contribution in [0.5, 0.6) is 5.75 Å². The Morgan fingerprint density at radius 3 is 2.19 bits per heavy atom. The Kier molecular flexibility index (Phi) is 3.98. The molecule has 0 bridgehead atoms. The minimum atomic E-state index is -0.275. The summed E-state index contributed by atoms with van der Waals surface area (Å²) in [6.07, 6.45) is 1.84. The number of nitrogens with two attached hydrogens (primary N) is 1. The molecular weight excluding hydrogens is 198 g/mol. The van der Waals surface area contributed by atoms with Crippen molar-refractivity contribution in [3.8, 4) is 5.75 Å². The van der Waals surface area contributed by atoms with E-state index in [1.807, 2.05) is 0 Å². The van der Waals surface area contributed by atoms with Crippen molar-refractivity contribution in [3.63, 3.8) is 0 Å². The van der Waals surface area contributed by atoms with Crippen molar-refractivity contribution in [2.45, 2.75) is 46.1 Å². The summed E-state index contributed by atoms with van der Waals surface area (Å²) < 4.78 is 5.48. The van der Waals surface area contributed by atoms with Crippen LogP contribution in [0.2, 0.25) is 0 Å². The molecule has 0 atom stereocenters. The van der Waals surface area contributed by atoms with Gasteiger partial charge in [-0.25, -0.2) is 0 Å². The van der Waals surface area contributed by atoms with Crippen LogP contribution in [0, 0.1) is 13.8 Å². The lowest BCUT2D eigenvalue weighted by atomic mass is 9.82. The van der Waals surface area contributed by atoms with Crippen molar-refractivity contribution in [3.05, 3.63) is 28.8 Å². The molecule has 90 valence electrons. The van der Waals surface area contributed by atoms with Gasteiger partial charge in [-0.2, -0.15) is 0 Å². The van der Waals surface area contributed by atoms with E-state index in [2.05, 4.69) is 39.8 Å². The van der Waals surface area contributed by atoms with Gasteiger partial charge in [-0.15, -0.1) is 0 Å². The molecule has 16 heavy (non-hydrogen) atoms. The predicted octanol–water partition coefficient (Wildman–Crippen LogP) is 3.29. The summed E-state index contributed by atoms with van der Waals surface area (Å²) in [6, 6.07) is 4.24. The predicted molar refractivity (Wildman–Crippen MR) is 68.9 cm³/mol. The van der Waals surface area contributed by atoms with E-state index >= 15 is 0 Å². The Morgan fingerprint density at radius 1 is 1.19 bits per heavy atom. The van der Waals surface area contributed by atoms with Crippen LogP contribution in [0.4, 0.5) is 0 Å². The normalized spacial score (nSPS) is 11.6. The Bertz CT molecular complexity index is 367. The van der Waals surface area contributed by atoms with Crippen LogP contribution < -0.4 is 10.5 Å². The quantitative estimate of drug-likeness (QED) is 0.846. The highest BCUT2D eigenvalue weighted by atomic mass is 16.5. The maximum Gasteiger partial charge on any atom is 0.124 e. The number of hydrogen-bond donors (Lipinski definition) is 1. The summed E-state index contributed by atoms with van der Waals surface area (Å²) in [5.41, 5.74) is 9.79. The molecule has 0 saturated carbocycles. The molecule has 1 rings (SSSR count). The SMILES string of the molecule is CCC(N)(CC)c1c(C)cc(C)cc1OC. The molecule has 0 aliphatic heterocycles. The van der Waals surface area contributed by atoms with Gasteiger partial charge in [0.05, 0.1) is 7.11 Å². The topological polar surface area (TPSA) is 35.2 Å². The first kappa shape index (κ1) is 13.0. The van der Waals surface area contributed by atoms with Crippen LogP contribution in [0.25, 0.3) is 0 Å². The summed E-state index contributed by atoms with van der Waals surface area (Å²) in [4.78, 5) is 0. The van der Waals surface area contributed by atoms with Crippen LogP contribution >= 0.6 is 0 Å². The lowest BCUT2D eigenvalue weighted by Crippen LogP contribution is -2.36. The fourth-order valence-electron chi connectivity index (χ4n) is 2.33. The zero-order valence-corrected chi connectivity index (χ0v) is 11.1. The maximum atomic E-state index is 6.47. The molecule has 1 aromatic carbocycles. The number of methoxy groups -OCH3 is 1. The summed E-state index contributed by atoms with van der Waals surface area (Å²) in [6.45, 7) is 8.44. The van der Waals surface area contributed by atoms with Crippen molar-refractivity contribution in [1.29, 1.82) is 0 Å². The second-order valence-electron chi connectivity index (χ2n) is 4.52. The third-order valence-electron chi connectivity index (χ3n) is 3.42. The second kappa shape index (κ2) is 4.88. The molecule has 0 radical (unpaired) electrons. The molecule has 1 aromatic rings. The van der Waals surface area contributed by atoms with Crippen LogP contribution in [-0.2, 0) is 5.54 Å². The first-order valence-corrected chi connectivity index (χ1v) is 5.93. The molecule has 0 aliphatic carbocycles. The molecule has 0 aromatic heterocycles. The highest BCUT2D eigenvalue weighted by Gasteiger charge is 2.28. The summed E-state index contributed by atoms with van der Waals surface area (Å²) in [5, 5.41) is 0. The van der Waals surface area contributed by atoms with Gasteiger partial charge in [0, 0.05) is 11.1 Å². The van der Waals surface area contributed by atoms with E-state index in [0.717, 1.165) is 24.2 Å². The molecule has 0 unspecified atom stereocenters. The van der Waals surface area contributed by atoms with E-state index < -0.39 is 0 Å². The Labute approximate surface area is 98.8 Å². The number of ether oxygens (including phenoxy) is 1. The van der Waals surface area contributed by atoms with Gasteiger partial charge in [-0.3, -0.25) is 0 Å². The zero-order valence-electron chi connectivity index (χ0n) is 11.1. The first-order chi connectivity index (χ1) is 7.48. The zero-order chi connectivity index (χ0) is 12.3. The monoisotopic (exact) mass is 221 g/mol. The summed E-state index contributed by atoms with van der Waals surface area (Å²) >= 11 is 0. The van der Waals surface area contributed by atoms with Gasteiger partial charge in [0.2, 0.25) is 0 Å². The lowest BCUT2D eigenvalue weighted by molar-refractivity contribution is 0.360. The third kappa shape index (κ3) is 2.22. The average molecular weight is 221 g/mol. The number of aryl methyl sites for hydroxylation is 2. The third-order valence-corrected chi connectivity index (χ3v) is 3.42. The van der Waals surface area contributed by atoms with Gasteiger partial charge < -0.3 is 10.5 Å². The Hall–Kier alpha value is -1.02. The maximum absolute atomic E-state index is 6.47. The lowest BCUT2D eigenvalue weighted by Gasteiger charge is -2.31. The standard InChI is InChI=1S/C14H23NO/c1-6-14(15,7-2)13-11(4)8-10(3)9-12(13)16-5/h8-9H,6-7,15H2,1-5H3. The van der Waals surface area contributed by atoms with Crippen LogP contribution in [0.1, 0.15) is 43.4 Å². The van der Waals surface area contributed by atoms with E-state index in [1.54, 1.807) is 7.11 Å². The van der Waals surface area contributed by atoms with Gasteiger partial charge in [0.15, 0.2) is 0 Å². The first-order valence-electron chi connectivity index (χ1n) is 5.93. The minimum Gasteiger partial charge on any atom is -0.496 e. The number of hydrogen-bond acceptors (Lipinski definition) is 2. The molecule has 0 fully saturated rings. The van der Waals surface area contributed by atoms with Gasteiger partial charge in [0.1, 0.15) is 5.75 Å². The molecule has 0 aliphatic rings. The van der Waals surface area contributed by atoms with Gasteiger partial charge in [0.25, 0.3) is 0 Å². The Balaban J connectivity index is 3.41. The minimum absolute atomic E-state index is 0.275. The number of benzene rings is 1. The molecule has 0 saturated heterocycles. The van der Waals surface area contributed by atoms with Crippen LogP contribution in [0.3, 0.4) is 0 Å². The summed E-state index contributed by atoms with van der Waals surface area (Å²) in [7, 11) is 1.71. The van der Waals surface area contributed by atoms with Crippen molar-refractivity contribution < 1.29 is 4.74 Å². The van der Waals surface area contributed by atoms with E-state index in [1.165, 1.54) is 11.1 Å².